The van der Waals surface area contributed by atoms with Gasteiger partial charge in [0.05, 0.1) is 17.8 Å². The molecular weight excluding hydrogens is 385 g/mol. The summed E-state index contributed by atoms with van der Waals surface area (Å²) in [6.45, 7) is 8.21. The van der Waals surface area contributed by atoms with Crippen LogP contribution in [0.4, 0.5) is 24.8 Å². The van der Waals surface area contributed by atoms with E-state index in [-0.39, 0.29) is 18.0 Å². The van der Waals surface area contributed by atoms with Crippen molar-refractivity contribution in [2.75, 3.05) is 36.4 Å². The zero-order valence-corrected chi connectivity index (χ0v) is 16.6. The molecule has 0 spiro atoms. The Bertz CT molecular complexity index is 825. The highest BCUT2D eigenvalue weighted by molar-refractivity contribution is 5.93. The summed E-state index contributed by atoms with van der Waals surface area (Å²) < 4.78 is 39.8. The quantitative estimate of drug-likeness (QED) is 0.821. The van der Waals surface area contributed by atoms with Crippen molar-refractivity contribution in [3.63, 3.8) is 0 Å². The number of hydrogen-bond donors (Lipinski definition) is 1. The Morgan fingerprint density at radius 1 is 1.10 bits per heavy atom. The summed E-state index contributed by atoms with van der Waals surface area (Å²) in [6.07, 6.45) is -1.89. The van der Waals surface area contributed by atoms with Gasteiger partial charge in [-0.1, -0.05) is 0 Å². The maximum atomic E-state index is 12.7. The van der Waals surface area contributed by atoms with E-state index in [0.29, 0.717) is 37.8 Å². The van der Waals surface area contributed by atoms with Crippen LogP contribution in [0.25, 0.3) is 0 Å². The molecule has 1 N–H and O–H groups in total. The molecule has 29 heavy (non-hydrogen) atoms. The molecular formula is C19H25F3N6O. The lowest BCUT2D eigenvalue weighted by atomic mass is 10.2. The second kappa shape index (κ2) is 8.40. The van der Waals surface area contributed by atoms with Gasteiger partial charge in [0.15, 0.2) is 0 Å². The molecule has 0 bridgehead atoms. The Labute approximate surface area is 167 Å². The minimum atomic E-state index is -4.39. The molecule has 0 saturated carbocycles. The molecule has 1 saturated heterocycles. The third-order valence-corrected chi connectivity index (χ3v) is 5.05. The lowest BCUT2D eigenvalue weighted by Crippen LogP contribution is -2.53. The van der Waals surface area contributed by atoms with Gasteiger partial charge in [0.2, 0.25) is 5.91 Å². The van der Waals surface area contributed by atoms with Crippen LogP contribution in [0.15, 0.2) is 30.6 Å². The van der Waals surface area contributed by atoms with E-state index >= 15 is 0 Å². The molecule has 1 aliphatic rings. The Morgan fingerprint density at radius 3 is 2.34 bits per heavy atom. The average molecular weight is 410 g/mol. The van der Waals surface area contributed by atoms with Crippen molar-refractivity contribution >= 4 is 17.5 Å². The van der Waals surface area contributed by atoms with E-state index in [1.165, 1.54) is 6.07 Å². The fraction of sp³-hybridized carbons (Fsp3) is 0.526. The summed E-state index contributed by atoms with van der Waals surface area (Å²) in [5.74, 6) is 1.05. The zero-order chi connectivity index (χ0) is 21.2. The molecule has 10 heteroatoms. The molecule has 0 aromatic carbocycles. The summed E-state index contributed by atoms with van der Waals surface area (Å²) >= 11 is 0. The lowest BCUT2D eigenvalue weighted by molar-refractivity contribution is -0.137. The van der Waals surface area contributed by atoms with Crippen LogP contribution in [0.5, 0.6) is 0 Å². The number of carbonyl (C=O) groups excluding carboxylic acids is 1. The number of carbonyl (C=O) groups is 1. The SMILES string of the molecule is CC(C(=O)Nc1ccnn1C(C)C)N1CCN(c2ccc(C(F)(F)F)cn2)CC1. The van der Waals surface area contributed by atoms with Gasteiger partial charge >= 0.3 is 6.18 Å². The fourth-order valence-electron chi connectivity index (χ4n) is 3.30. The smallest absolute Gasteiger partial charge is 0.354 e. The minimum absolute atomic E-state index is 0.117. The lowest BCUT2D eigenvalue weighted by Gasteiger charge is -2.38. The minimum Gasteiger partial charge on any atom is -0.354 e. The molecule has 7 nitrogen and oxygen atoms in total. The van der Waals surface area contributed by atoms with Gasteiger partial charge in [-0.25, -0.2) is 9.67 Å². The molecule has 1 atom stereocenters. The van der Waals surface area contributed by atoms with Crippen LogP contribution in [-0.4, -0.2) is 57.8 Å². The van der Waals surface area contributed by atoms with E-state index in [1.807, 2.05) is 30.6 Å². The number of hydrogen-bond acceptors (Lipinski definition) is 5. The molecule has 1 unspecified atom stereocenters. The van der Waals surface area contributed by atoms with Crippen LogP contribution < -0.4 is 10.2 Å². The number of aromatic nitrogens is 3. The Hall–Kier alpha value is -2.62. The second-order valence-corrected chi connectivity index (χ2v) is 7.35. The van der Waals surface area contributed by atoms with Crippen molar-refractivity contribution in [1.29, 1.82) is 0 Å². The maximum absolute atomic E-state index is 12.7. The van der Waals surface area contributed by atoms with Crippen LogP contribution in [0.1, 0.15) is 32.4 Å². The van der Waals surface area contributed by atoms with E-state index < -0.39 is 11.7 Å². The molecule has 0 radical (unpaired) electrons. The second-order valence-electron chi connectivity index (χ2n) is 7.35. The molecule has 158 valence electrons. The van der Waals surface area contributed by atoms with Crippen LogP contribution in [-0.2, 0) is 11.0 Å². The monoisotopic (exact) mass is 410 g/mol. The number of amides is 1. The molecule has 1 amide bonds. The number of anilines is 2. The molecule has 1 fully saturated rings. The van der Waals surface area contributed by atoms with Crippen LogP contribution in [0.2, 0.25) is 0 Å². The number of nitrogens with zero attached hydrogens (tertiary/aromatic N) is 5. The van der Waals surface area contributed by atoms with Gasteiger partial charge in [0.25, 0.3) is 0 Å². The van der Waals surface area contributed by atoms with Crippen LogP contribution in [0.3, 0.4) is 0 Å². The Morgan fingerprint density at radius 2 is 1.79 bits per heavy atom. The van der Waals surface area contributed by atoms with E-state index in [0.717, 1.165) is 12.3 Å². The van der Waals surface area contributed by atoms with Crippen molar-refractivity contribution in [3.05, 3.63) is 36.2 Å². The predicted octanol–water partition coefficient (Wildman–Crippen LogP) is 3.03. The first-order valence-corrected chi connectivity index (χ1v) is 9.53. The summed E-state index contributed by atoms with van der Waals surface area (Å²) in [5, 5.41) is 7.13. The van der Waals surface area contributed by atoms with Gasteiger partial charge in [0.1, 0.15) is 11.6 Å². The average Bonchev–Trinajstić information content (AvgIpc) is 3.15. The molecule has 0 aliphatic carbocycles. The van der Waals surface area contributed by atoms with Crippen molar-refractivity contribution < 1.29 is 18.0 Å². The van der Waals surface area contributed by atoms with Crippen LogP contribution in [0, 0.1) is 0 Å². The third kappa shape index (κ3) is 4.87. The van der Waals surface area contributed by atoms with Crippen molar-refractivity contribution in [1.82, 2.24) is 19.7 Å². The van der Waals surface area contributed by atoms with Gasteiger partial charge in [0, 0.05) is 44.5 Å². The predicted molar refractivity (Wildman–Crippen MR) is 104 cm³/mol. The van der Waals surface area contributed by atoms with E-state index in [2.05, 4.69) is 15.4 Å². The summed E-state index contributed by atoms with van der Waals surface area (Å²) in [6, 6.07) is 3.99. The molecule has 3 heterocycles. The highest BCUT2D eigenvalue weighted by Gasteiger charge is 2.31. The van der Waals surface area contributed by atoms with Gasteiger partial charge < -0.3 is 10.2 Å². The number of nitrogens with one attached hydrogen (secondary N) is 1. The van der Waals surface area contributed by atoms with Crippen molar-refractivity contribution in [3.8, 4) is 0 Å². The van der Waals surface area contributed by atoms with Crippen molar-refractivity contribution in [2.24, 2.45) is 0 Å². The number of rotatable bonds is 5. The molecule has 2 aromatic heterocycles. The standard InChI is InChI=1S/C19H25F3N6O/c1-13(2)28-17(6-7-24-28)25-18(29)14(3)26-8-10-27(11-9-26)16-5-4-15(12-23-16)19(20,21)22/h4-7,12-14H,8-11H2,1-3H3,(H,25,29). The summed E-state index contributed by atoms with van der Waals surface area (Å²) in [5.41, 5.74) is -0.759. The third-order valence-electron chi connectivity index (χ3n) is 5.05. The van der Waals surface area contributed by atoms with Gasteiger partial charge in [-0.2, -0.15) is 18.3 Å². The van der Waals surface area contributed by atoms with Gasteiger partial charge in [-0.15, -0.1) is 0 Å². The van der Waals surface area contributed by atoms with E-state index in [9.17, 15) is 18.0 Å². The first-order valence-electron chi connectivity index (χ1n) is 9.53. The van der Waals surface area contributed by atoms with E-state index in [4.69, 9.17) is 0 Å². The van der Waals surface area contributed by atoms with Crippen molar-refractivity contribution in [2.45, 2.75) is 39.0 Å². The van der Waals surface area contributed by atoms with Gasteiger partial charge in [-0.05, 0) is 32.9 Å². The highest BCUT2D eigenvalue weighted by Crippen LogP contribution is 2.29. The largest absolute Gasteiger partial charge is 0.417 e. The summed E-state index contributed by atoms with van der Waals surface area (Å²) in [4.78, 5) is 20.6. The highest BCUT2D eigenvalue weighted by atomic mass is 19.4. The molecule has 3 rings (SSSR count). The van der Waals surface area contributed by atoms with Gasteiger partial charge in [-0.3, -0.25) is 9.69 Å². The fourth-order valence-corrected chi connectivity index (χ4v) is 3.30. The topological polar surface area (TPSA) is 66.3 Å². The maximum Gasteiger partial charge on any atom is 0.417 e. The zero-order valence-electron chi connectivity index (χ0n) is 16.6. The number of halogens is 3. The number of piperazine rings is 1. The van der Waals surface area contributed by atoms with E-state index in [1.54, 1.807) is 16.9 Å². The first-order chi connectivity index (χ1) is 13.7. The Balaban J connectivity index is 1.55. The first kappa shape index (κ1) is 21.1. The molecule has 1 aliphatic heterocycles. The Kier molecular flexibility index (Phi) is 6.11. The number of pyridine rings is 1. The number of alkyl halides is 3. The summed E-state index contributed by atoms with van der Waals surface area (Å²) in [7, 11) is 0. The van der Waals surface area contributed by atoms with Crippen LogP contribution >= 0.6 is 0 Å². The normalized spacial score (nSPS) is 16.9. The molecule has 2 aromatic rings.